The molecule has 1 atom stereocenters. The van der Waals surface area contributed by atoms with E-state index in [1.807, 2.05) is 0 Å². The van der Waals surface area contributed by atoms with Crippen LogP contribution in [-0.4, -0.2) is 40.3 Å². The molecule has 7 nitrogen and oxygen atoms in total. The number of halogens is 3. The number of fused-ring (bicyclic) bond motifs is 1. The van der Waals surface area contributed by atoms with Gasteiger partial charge in [0.2, 0.25) is 5.95 Å². The number of rotatable bonds is 3. The van der Waals surface area contributed by atoms with Gasteiger partial charge < -0.3 is 15.0 Å². The summed E-state index contributed by atoms with van der Waals surface area (Å²) in [6, 6.07) is 2.59. The third-order valence-electron chi connectivity index (χ3n) is 5.13. The SMILES string of the molecule is C[C@@H](NC(=O)OC(C)(C)C)c1cc(Cl)cc2c(=O)n(C)c(N3CCC(F)(F)CC3)nc12. The molecule has 0 bridgehead atoms. The van der Waals surface area contributed by atoms with Crippen molar-refractivity contribution in [1.29, 1.82) is 0 Å². The number of alkyl halides is 2. The quantitative estimate of drug-likeness (QED) is 0.740. The van der Waals surface area contributed by atoms with Crippen molar-refractivity contribution in [3.8, 4) is 0 Å². The molecule has 31 heavy (non-hydrogen) atoms. The number of hydrogen-bond acceptors (Lipinski definition) is 5. The lowest BCUT2D eigenvalue weighted by atomic mass is 10.0. The molecule has 0 radical (unpaired) electrons. The van der Waals surface area contributed by atoms with Gasteiger partial charge in [0.1, 0.15) is 5.60 Å². The van der Waals surface area contributed by atoms with Gasteiger partial charge in [-0.2, -0.15) is 0 Å². The number of carbonyl (C=O) groups is 1. The van der Waals surface area contributed by atoms with E-state index >= 15 is 0 Å². The fourth-order valence-electron chi connectivity index (χ4n) is 3.56. The van der Waals surface area contributed by atoms with Crippen LogP contribution in [0.15, 0.2) is 16.9 Å². The molecule has 3 rings (SSSR count). The van der Waals surface area contributed by atoms with Gasteiger partial charge in [-0.05, 0) is 39.8 Å². The van der Waals surface area contributed by atoms with E-state index in [1.165, 1.54) is 10.6 Å². The van der Waals surface area contributed by atoms with Crippen LogP contribution in [0.1, 0.15) is 52.1 Å². The predicted octanol–water partition coefficient (Wildman–Crippen LogP) is 4.41. The van der Waals surface area contributed by atoms with Gasteiger partial charge in [0.25, 0.3) is 11.5 Å². The summed E-state index contributed by atoms with van der Waals surface area (Å²) in [7, 11) is 1.56. The topological polar surface area (TPSA) is 76.5 Å². The molecular weight excluding hydrogens is 430 g/mol. The van der Waals surface area contributed by atoms with Crippen LogP contribution < -0.4 is 15.8 Å². The summed E-state index contributed by atoms with van der Waals surface area (Å²) in [6.45, 7) is 7.18. The van der Waals surface area contributed by atoms with E-state index in [4.69, 9.17) is 16.3 Å². The lowest BCUT2D eigenvalue weighted by molar-refractivity contribution is -0.0223. The molecule has 0 aliphatic carbocycles. The van der Waals surface area contributed by atoms with Gasteiger partial charge in [0, 0.05) is 43.6 Å². The van der Waals surface area contributed by atoms with E-state index in [0.717, 1.165) is 0 Å². The van der Waals surface area contributed by atoms with Crippen LogP contribution in [0, 0.1) is 0 Å². The van der Waals surface area contributed by atoms with Crippen molar-refractivity contribution >= 4 is 34.5 Å². The second-order valence-electron chi connectivity index (χ2n) is 8.88. The van der Waals surface area contributed by atoms with E-state index in [-0.39, 0.29) is 36.9 Å². The van der Waals surface area contributed by atoms with Crippen molar-refractivity contribution in [1.82, 2.24) is 14.9 Å². The fraction of sp³-hybridized carbons (Fsp3) is 0.571. The first kappa shape index (κ1) is 23.2. The molecule has 1 aliphatic heterocycles. The molecule has 1 aromatic carbocycles. The molecule has 0 unspecified atom stereocenters. The zero-order valence-electron chi connectivity index (χ0n) is 18.3. The van der Waals surface area contributed by atoms with Gasteiger partial charge in [0.15, 0.2) is 0 Å². The number of hydrogen-bond donors (Lipinski definition) is 1. The second-order valence-corrected chi connectivity index (χ2v) is 9.31. The second kappa shape index (κ2) is 8.26. The summed E-state index contributed by atoms with van der Waals surface area (Å²) in [5.41, 5.74) is -0.110. The van der Waals surface area contributed by atoms with Gasteiger partial charge in [0.05, 0.1) is 16.9 Å². The molecule has 0 saturated carbocycles. The molecule has 2 aromatic rings. The molecule has 10 heteroatoms. The van der Waals surface area contributed by atoms with Crippen molar-refractivity contribution in [2.75, 3.05) is 18.0 Å². The first-order chi connectivity index (χ1) is 14.3. The summed E-state index contributed by atoms with van der Waals surface area (Å²) in [4.78, 5) is 31.6. The van der Waals surface area contributed by atoms with Crippen molar-refractivity contribution < 1.29 is 18.3 Å². The average molecular weight is 457 g/mol. The Morgan fingerprint density at radius 2 is 1.90 bits per heavy atom. The highest BCUT2D eigenvalue weighted by Gasteiger charge is 2.35. The Morgan fingerprint density at radius 1 is 1.29 bits per heavy atom. The number of piperidine rings is 1. The van der Waals surface area contributed by atoms with Crippen LogP contribution in [0.3, 0.4) is 0 Å². The Kier molecular flexibility index (Phi) is 6.19. The zero-order chi connectivity index (χ0) is 23.1. The molecular formula is C21H27ClF2N4O3. The van der Waals surface area contributed by atoms with E-state index in [9.17, 15) is 18.4 Å². The summed E-state index contributed by atoms with van der Waals surface area (Å²) < 4.78 is 33.8. The van der Waals surface area contributed by atoms with Gasteiger partial charge in [-0.3, -0.25) is 9.36 Å². The number of carbonyl (C=O) groups excluding carboxylic acids is 1. The molecule has 170 valence electrons. The first-order valence-electron chi connectivity index (χ1n) is 10.1. The number of benzene rings is 1. The number of ether oxygens (including phenoxy) is 1. The van der Waals surface area contributed by atoms with Crippen LogP contribution in [0.25, 0.3) is 10.9 Å². The molecule has 2 heterocycles. The van der Waals surface area contributed by atoms with Gasteiger partial charge in [-0.1, -0.05) is 11.6 Å². The van der Waals surface area contributed by atoms with Crippen molar-refractivity contribution in [2.24, 2.45) is 7.05 Å². The van der Waals surface area contributed by atoms with Crippen LogP contribution in [0.4, 0.5) is 19.5 Å². The van der Waals surface area contributed by atoms with Crippen LogP contribution in [0.5, 0.6) is 0 Å². The molecule has 1 saturated heterocycles. The van der Waals surface area contributed by atoms with Crippen molar-refractivity contribution in [2.45, 2.75) is 58.1 Å². The molecule has 1 amide bonds. The maximum Gasteiger partial charge on any atom is 0.408 e. The van der Waals surface area contributed by atoms with Crippen LogP contribution in [-0.2, 0) is 11.8 Å². The molecule has 1 aliphatic rings. The van der Waals surface area contributed by atoms with Gasteiger partial charge in [-0.15, -0.1) is 0 Å². The average Bonchev–Trinajstić information content (AvgIpc) is 2.63. The Morgan fingerprint density at radius 3 is 2.48 bits per heavy atom. The Balaban J connectivity index is 2.03. The number of anilines is 1. The molecule has 1 N–H and O–H groups in total. The normalized spacial score (nSPS) is 17.5. The van der Waals surface area contributed by atoms with E-state index in [1.54, 1.807) is 45.7 Å². The monoisotopic (exact) mass is 456 g/mol. The Bertz CT molecular complexity index is 1060. The van der Waals surface area contributed by atoms with E-state index in [2.05, 4.69) is 10.3 Å². The van der Waals surface area contributed by atoms with Gasteiger partial charge >= 0.3 is 6.09 Å². The standard InChI is InChI=1S/C21H27ClF2N4O3/c1-12(25-19(30)31-20(2,3)4)14-10-13(22)11-15-16(14)26-18(27(5)17(15)29)28-8-6-21(23,24)7-9-28/h10-12H,6-9H2,1-5H3,(H,25,30)/t12-/m1/s1. The van der Waals surface area contributed by atoms with Crippen molar-refractivity contribution in [3.05, 3.63) is 33.1 Å². The predicted molar refractivity (Wildman–Crippen MR) is 116 cm³/mol. The lowest BCUT2D eigenvalue weighted by Crippen LogP contribution is -2.42. The highest BCUT2D eigenvalue weighted by molar-refractivity contribution is 6.31. The minimum absolute atomic E-state index is 0.0907. The summed E-state index contributed by atoms with van der Waals surface area (Å²) >= 11 is 6.24. The maximum absolute atomic E-state index is 13.6. The summed E-state index contributed by atoms with van der Waals surface area (Å²) in [5, 5.41) is 3.34. The number of nitrogens with zero attached hydrogens (tertiary/aromatic N) is 3. The molecule has 0 spiro atoms. The number of amides is 1. The van der Waals surface area contributed by atoms with Crippen LogP contribution in [0.2, 0.25) is 5.02 Å². The highest BCUT2D eigenvalue weighted by atomic mass is 35.5. The smallest absolute Gasteiger partial charge is 0.408 e. The summed E-state index contributed by atoms with van der Waals surface area (Å²) in [5.74, 6) is -2.41. The fourth-order valence-corrected chi connectivity index (χ4v) is 3.79. The van der Waals surface area contributed by atoms with E-state index in [0.29, 0.717) is 22.1 Å². The minimum Gasteiger partial charge on any atom is -0.444 e. The highest BCUT2D eigenvalue weighted by Crippen LogP contribution is 2.31. The van der Waals surface area contributed by atoms with Crippen LogP contribution >= 0.6 is 11.6 Å². The third-order valence-corrected chi connectivity index (χ3v) is 5.35. The van der Waals surface area contributed by atoms with Crippen molar-refractivity contribution in [3.63, 3.8) is 0 Å². The minimum atomic E-state index is -2.71. The Labute approximate surface area is 184 Å². The zero-order valence-corrected chi connectivity index (χ0v) is 19.0. The van der Waals surface area contributed by atoms with Gasteiger partial charge in [-0.25, -0.2) is 18.6 Å². The Hall–Kier alpha value is -2.42. The number of nitrogens with one attached hydrogen (secondary N) is 1. The van der Waals surface area contributed by atoms with E-state index < -0.39 is 23.7 Å². The largest absolute Gasteiger partial charge is 0.444 e. The number of aromatic nitrogens is 2. The third kappa shape index (κ3) is 5.26. The maximum atomic E-state index is 13.6. The number of alkyl carbamates (subject to hydrolysis) is 1. The molecule has 1 fully saturated rings. The summed E-state index contributed by atoms with van der Waals surface area (Å²) in [6.07, 6.45) is -1.22. The lowest BCUT2D eigenvalue weighted by Gasteiger charge is -2.33. The molecule has 1 aromatic heterocycles. The first-order valence-corrected chi connectivity index (χ1v) is 10.5.